The zero-order valence-electron chi connectivity index (χ0n) is 21.3. The van der Waals surface area contributed by atoms with Crippen molar-refractivity contribution in [3.05, 3.63) is 77.4 Å². The molecule has 0 saturated carbocycles. The van der Waals surface area contributed by atoms with Crippen molar-refractivity contribution in [2.45, 2.75) is 18.2 Å². The Morgan fingerprint density at radius 1 is 0.947 bits per heavy atom. The topological polar surface area (TPSA) is 83.0 Å². The number of sulfonamides is 1. The molecule has 0 unspecified atom stereocenters. The number of hydrogen-bond donors (Lipinski definition) is 0. The summed E-state index contributed by atoms with van der Waals surface area (Å²) in [7, 11) is -2.04. The van der Waals surface area contributed by atoms with E-state index in [-0.39, 0.29) is 10.8 Å². The minimum Gasteiger partial charge on any atom is -0.494 e. The molecule has 0 N–H and O–H groups in total. The van der Waals surface area contributed by atoms with Gasteiger partial charge >= 0.3 is 0 Å². The molecule has 1 amide bonds. The van der Waals surface area contributed by atoms with Gasteiger partial charge in [0.1, 0.15) is 11.3 Å². The van der Waals surface area contributed by atoms with Crippen LogP contribution in [0.1, 0.15) is 21.5 Å². The Balaban J connectivity index is 1.14. The quantitative estimate of drug-likeness (QED) is 0.369. The van der Waals surface area contributed by atoms with E-state index in [1.807, 2.05) is 41.3 Å². The van der Waals surface area contributed by atoms with Gasteiger partial charge in [0, 0.05) is 38.3 Å². The third-order valence-electron chi connectivity index (χ3n) is 7.28. The van der Waals surface area contributed by atoms with Crippen molar-refractivity contribution in [3.63, 3.8) is 0 Å². The first-order chi connectivity index (χ1) is 18.4. The molecule has 10 heteroatoms. The monoisotopic (exact) mass is 548 g/mol. The summed E-state index contributed by atoms with van der Waals surface area (Å²) in [4.78, 5) is 22.3. The Hall–Kier alpha value is -3.63. The minimum atomic E-state index is -3.69. The molecule has 3 aromatic carbocycles. The van der Waals surface area contributed by atoms with Crippen LogP contribution in [0, 0.1) is 6.92 Å². The smallest absolute Gasteiger partial charge is 0.264 e. The van der Waals surface area contributed by atoms with E-state index >= 15 is 0 Å². The molecule has 2 aliphatic heterocycles. The summed E-state index contributed by atoms with van der Waals surface area (Å²) in [5.41, 5.74) is 4.28. The molecule has 2 aliphatic rings. The highest BCUT2D eigenvalue weighted by atomic mass is 32.2. The van der Waals surface area contributed by atoms with Gasteiger partial charge in [-0.1, -0.05) is 35.6 Å². The van der Waals surface area contributed by atoms with E-state index in [1.54, 1.807) is 30.6 Å². The van der Waals surface area contributed by atoms with Crippen LogP contribution in [0.3, 0.4) is 0 Å². The number of piperazine rings is 1. The molecule has 6 rings (SSSR count). The summed E-state index contributed by atoms with van der Waals surface area (Å²) in [6, 6.07) is 17.9. The molecule has 0 radical (unpaired) electrons. The number of carbonyl (C=O) groups is 1. The molecule has 196 valence electrons. The van der Waals surface area contributed by atoms with Gasteiger partial charge in [-0.2, -0.15) is 0 Å². The third kappa shape index (κ3) is 4.17. The van der Waals surface area contributed by atoms with Crippen LogP contribution in [0.25, 0.3) is 10.2 Å². The summed E-state index contributed by atoms with van der Waals surface area (Å²) < 4.78 is 34.6. The maximum absolute atomic E-state index is 13.3. The number of aryl methyl sites for hydroxylation is 1. The second-order valence-corrected chi connectivity index (χ2v) is 12.4. The number of amides is 1. The van der Waals surface area contributed by atoms with E-state index in [9.17, 15) is 13.2 Å². The molecule has 4 aromatic rings. The molecule has 3 heterocycles. The van der Waals surface area contributed by atoms with Gasteiger partial charge in [-0.25, -0.2) is 13.4 Å². The highest BCUT2D eigenvalue weighted by Crippen LogP contribution is 2.37. The predicted octanol–water partition coefficient (Wildman–Crippen LogP) is 4.33. The number of anilines is 2. The summed E-state index contributed by atoms with van der Waals surface area (Å²) in [5, 5.41) is 0.928. The van der Waals surface area contributed by atoms with Crippen LogP contribution in [0.5, 0.6) is 5.75 Å². The summed E-state index contributed by atoms with van der Waals surface area (Å²) in [6.45, 7) is 4.97. The second-order valence-electron chi connectivity index (χ2n) is 9.52. The fraction of sp³-hybridized carbons (Fsp3) is 0.286. The van der Waals surface area contributed by atoms with Crippen LogP contribution >= 0.6 is 11.3 Å². The summed E-state index contributed by atoms with van der Waals surface area (Å²) in [5.74, 6) is 0.670. The fourth-order valence-electron chi connectivity index (χ4n) is 5.14. The molecule has 0 bridgehead atoms. The first kappa shape index (κ1) is 24.7. The molecule has 1 fully saturated rings. The van der Waals surface area contributed by atoms with E-state index in [0.717, 1.165) is 37.9 Å². The Morgan fingerprint density at radius 3 is 2.42 bits per heavy atom. The van der Waals surface area contributed by atoms with Gasteiger partial charge in [-0.3, -0.25) is 9.10 Å². The number of benzene rings is 3. The lowest BCUT2D eigenvalue weighted by Crippen LogP contribution is -2.48. The third-order valence-corrected chi connectivity index (χ3v) is 10.4. The highest BCUT2D eigenvalue weighted by molar-refractivity contribution is 7.92. The number of fused-ring (bicyclic) bond motifs is 2. The lowest BCUT2D eigenvalue weighted by atomic mass is 10.2. The van der Waals surface area contributed by atoms with Crippen molar-refractivity contribution in [1.82, 2.24) is 9.88 Å². The second kappa shape index (κ2) is 9.59. The standard InChI is InChI=1S/C28H28N4O4S2/c1-19-7-12-24(36-2)25-26(19)37-28(29-25)31-17-15-30(16-18-31)27(33)21-8-10-22(11-9-21)38(34,35)32-14-13-20-5-3-4-6-23(20)32/h3-12H,13-18H2,1-2H3. The first-order valence-corrected chi connectivity index (χ1v) is 14.8. The van der Waals surface area contributed by atoms with Crippen molar-refractivity contribution < 1.29 is 17.9 Å². The van der Waals surface area contributed by atoms with Gasteiger partial charge in [-0.05, 0) is 60.9 Å². The molecule has 0 spiro atoms. The molecule has 0 aliphatic carbocycles. The van der Waals surface area contributed by atoms with E-state index in [0.29, 0.717) is 44.7 Å². The number of rotatable bonds is 5. The Kier molecular flexibility index (Phi) is 6.23. The van der Waals surface area contributed by atoms with Crippen LogP contribution in [-0.2, 0) is 16.4 Å². The van der Waals surface area contributed by atoms with Crippen LogP contribution in [0.15, 0.2) is 65.6 Å². The van der Waals surface area contributed by atoms with Gasteiger partial charge in [-0.15, -0.1) is 0 Å². The number of para-hydroxylation sites is 1. The van der Waals surface area contributed by atoms with Gasteiger partial charge in [0.05, 0.1) is 22.4 Å². The summed E-state index contributed by atoms with van der Waals surface area (Å²) in [6.07, 6.45) is 0.697. The van der Waals surface area contributed by atoms with Crippen LogP contribution in [0.2, 0.25) is 0 Å². The molecular weight excluding hydrogens is 520 g/mol. The first-order valence-electron chi connectivity index (χ1n) is 12.6. The number of nitrogens with zero attached hydrogens (tertiary/aromatic N) is 4. The SMILES string of the molecule is COc1ccc(C)c2sc(N3CCN(C(=O)c4ccc(S(=O)(=O)N5CCc6ccccc65)cc4)CC3)nc12. The lowest BCUT2D eigenvalue weighted by molar-refractivity contribution is 0.0746. The predicted molar refractivity (Wildman–Crippen MR) is 150 cm³/mol. The van der Waals surface area contributed by atoms with Gasteiger partial charge in [0.15, 0.2) is 5.13 Å². The molecule has 1 saturated heterocycles. The number of ether oxygens (including phenoxy) is 1. The number of hydrogen-bond acceptors (Lipinski definition) is 7. The minimum absolute atomic E-state index is 0.0954. The number of methoxy groups -OCH3 is 1. The Morgan fingerprint density at radius 2 is 1.68 bits per heavy atom. The van der Waals surface area contributed by atoms with Crippen molar-refractivity contribution in [1.29, 1.82) is 0 Å². The van der Waals surface area contributed by atoms with E-state index < -0.39 is 10.0 Å². The number of carbonyl (C=O) groups excluding carboxylic acids is 1. The number of thiazole rings is 1. The lowest BCUT2D eigenvalue weighted by Gasteiger charge is -2.34. The van der Waals surface area contributed by atoms with Crippen molar-refractivity contribution in [2.75, 3.05) is 49.0 Å². The molecule has 0 atom stereocenters. The zero-order valence-corrected chi connectivity index (χ0v) is 22.9. The van der Waals surface area contributed by atoms with E-state index in [2.05, 4.69) is 11.8 Å². The zero-order chi connectivity index (χ0) is 26.4. The Bertz CT molecular complexity index is 1620. The van der Waals surface area contributed by atoms with Crippen molar-refractivity contribution in [3.8, 4) is 5.75 Å². The molecule has 8 nitrogen and oxygen atoms in total. The maximum atomic E-state index is 13.3. The molecular formula is C28H28N4O4S2. The number of aromatic nitrogens is 1. The molecule has 38 heavy (non-hydrogen) atoms. The normalized spacial score (nSPS) is 15.7. The van der Waals surface area contributed by atoms with E-state index in [4.69, 9.17) is 9.72 Å². The molecule has 1 aromatic heterocycles. The van der Waals surface area contributed by atoms with Gasteiger partial charge in [0.25, 0.3) is 15.9 Å². The largest absolute Gasteiger partial charge is 0.494 e. The average molecular weight is 549 g/mol. The van der Waals surface area contributed by atoms with Crippen LogP contribution < -0.4 is 13.9 Å². The van der Waals surface area contributed by atoms with Crippen molar-refractivity contribution >= 4 is 48.3 Å². The highest BCUT2D eigenvalue weighted by Gasteiger charge is 2.31. The van der Waals surface area contributed by atoms with Crippen LogP contribution in [0.4, 0.5) is 10.8 Å². The van der Waals surface area contributed by atoms with Crippen LogP contribution in [-0.4, -0.2) is 64.0 Å². The van der Waals surface area contributed by atoms with Crippen molar-refractivity contribution in [2.24, 2.45) is 0 Å². The maximum Gasteiger partial charge on any atom is 0.264 e. The average Bonchev–Trinajstić information content (AvgIpc) is 3.59. The van der Waals surface area contributed by atoms with Gasteiger partial charge < -0.3 is 14.5 Å². The van der Waals surface area contributed by atoms with Gasteiger partial charge in [0.2, 0.25) is 0 Å². The summed E-state index contributed by atoms with van der Waals surface area (Å²) >= 11 is 1.65. The fourth-order valence-corrected chi connectivity index (χ4v) is 7.74. The van der Waals surface area contributed by atoms with E-state index in [1.165, 1.54) is 16.4 Å². The Labute approximate surface area is 226 Å².